The van der Waals surface area contributed by atoms with Gasteiger partial charge in [-0.1, -0.05) is 23.7 Å². The predicted octanol–water partition coefficient (Wildman–Crippen LogP) is 2.22. The lowest BCUT2D eigenvalue weighted by atomic mass is 10.0. The molecule has 0 spiro atoms. The number of aromatic nitrogens is 4. The molecule has 0 radical (unpaired) electrons. The smallest absolute Gasteiger partial charge is 0.335 e. The van der Waals surface area contributed by atoms with Gasteiger partial charge in [0.2, 0.25) is 5.62 Å². The molecule has 0 saturated heterocycles. The van der Waals surface area contributed by atoms with E-state index in [1.165, 1.54) is 17.9 Å². The highest BCUT2D eigenvalue weighted by atomic mass is 35.5. The highest BCUT2D eigenvalue weighted by Crippen LogP contribution is 2.23. The third kappa shape index (κ3) is 5.12. The number of carbonyl (C=O) groups is 2. The zero-order chi connectivity index (χ0) is 26.9. The van der Waals surface area contributed by atoms with Crippen molar-refractivity contribution in [1.29, 1.82) is 0 Å². The van der Waals surface area contributed by atoms with E-state index in [1.807, 2.05) is 0 Å². The fourth-order valence-electron chi connectivity index (χ4n) is 4.00. The zero-order valence-electron chi connectivity index (χ0n) is 20.3. The minimum Gasteiger partial charge on any atom is -0.469 e. The molecule has 192 valence electrons. The Hall–Kier alpha value is -4.38. The van der Waals surface area contributed by atoms with E-state index >= 15 is 0 Å². The quantitative estimate of drug-likeness (QED) is 0.316. The second kappa shape index (κ2) is 10.3. The van der Waals surface area contributed by atoms with Crippen molar-refractivity contribution in [2.24, 2.45) is 16.6 Å². The molecule has 12 heteroatoms. The standard InChI is InChI=1S/C25H25ClN6O5/c1-13(22(34)37-3)14(2)32-24(35)30-23(31(25(32)36)12-15-4-6-16(26)7-5-15)29-17-8-9-20-18(10-17)19(11-28-20)21(27)33/h4-11,13-14,28H,12H2,1-3H3,(H2,27,33)(H,29,30,35)/t13-,14+/m1/s1. The summed E-state index contributed by atoms with van der Waals surface area (Å²) in [6.45, 7) is 3.23. The number of benzene rings is 2. The van der Waals surface area contributed by atoms with Crippen LogP contribution in [0, 0.1) is 5.92 Å². The number of fused-ring (bicyclic) bond motifs is 1. The summed E-state index contributed by atoms with van der Waals surface area (Å²) in [5.74, 6) is -1.92. The SMILES string of the molecule is COC(=O)[C@H](C)[C@H](C)n1c(=O)[nH]/c(=N\c2ccc3[nH]cc(C(N)=O)c3c2)n(Cc2ccc(Cl)cc2)c1=O. The lowest BCUT2D eigenvalue weighted by Crippen LogP contribution is -2.52. The number of nitrogens with one attached hydrogen (secondary N) is 2. The lowest BCUT2D eigenvalue weighted by molar-refractivity contribution is -0.146. The van der Waals surface area contributed by atoms with E-state index in [0.29, 0.717) is 21.6 Å². The first-order valence-corrected chi connectivity index (χ1v) is 11.7. The van der Waals surface area contributed by atoms with E-state index in [0.717, 1.165) is 10.1 Å². The molecule has 37 heavy (non-hydrogen) atoms. The summed E-state index contributed by atoms with van der Waals surface area (Å²) in [6, 6.07) is 11.1. The highest BCUT2D eigenvalue weighted by Gasteiger charge is 2.26. The molecule has 0 aliphatic carbocycles. The first-order valence-electron chi connectivity index (χ1n) is 11.3. The maximum atomic E-state index is 13.6. The Morgan fingerprint density at radius 1 is 1.14 bits per heavy atom. The Morgan fingerprint density at radius 3 is 2.49 bits per heavy atom. The molecule has 2 aromatic heterocycles. The van der Waals surface area contributed by atoms with Gasteiger partial charge in [0.05, 0.1) is 36.9 Å². The van der Waals surface area contributed by atoms with Crippen molar-refractivity contribution in [1.82, 2.24) is 19.1 Å². The largest absolute Gasteiger partial charge is 0.469 e. The zero-order valence-corrected chi connectivity index (χ0v) is 21.1. The molecule has 2 aromatic carbocycles. The van der Waals surface area contributed by atoms with E-state index in [9.17, 15) is 19.2 Å². The van der Waals surface area contributed by atoms with E-state index in [-0.39, 0.29) is 17.7 Å². The molecule has 2 atom stereocenters. The van der Waals surface area contributed by atoms with Crippen LogP contribution in [-0.4, -0.2) is 38.1 Å². The molecule has 4 aromatic rings. The summed E-state index contributed by atoms with van der Waals surface area (Å²) in [6.07, 6.45) is 1.50. The first-order chi connectivity index (χ1) is 17.6. The summed E-state index contributed by atoms with van der Waals surface area (Å²) < 4.78 is 7.05. The lowest BCUT2D eigenvalue weighted by Gasteiger charge is -2.20. The summed E-state index contributed by atoms with van der Waals surface area (Å²) in [4.78, 5) is 60.7. The van der Waals surface area contributed by atoms with E-state index in [2.05, 4.69) is 15.0 Å². The van der Waals surface area contributed by atoms with Crippen LogP contribution in [0.4, 0.5) is 5.69 Å². The molecule has 11 nitrogen and oxygen atoms in total. The Balaban J connectivity index is 1.93. The highest BCUT2D eigenvalue weighted by molar-refractivity contribution is 6.30. The fraction of sp³-hybridized carbons (Fsp3) is 0.240. The van der Waals surface area contributed by atoms with Crippen molar-refractivity contribution in [2.45, 2.75) is 26.4 Å². The number of hydrogen-bond acceptors (Lipinski definition) is 6. The Morgan fingerprint density at radius 2 is 1.84 bits per heavy atom. The van der Waals surface area contributed by atoms with Gasteiger partial charge >= 0.3 is 17.3 Å². The van der Waals surface area contributed by atoms with Crippen molar-refractivity contribution in [3.05, 3.63) is 91.4 Å². The van der Waals surface area contributed by atoms with Crippen LogP contribution < -0.4 is 22.7 Å². The van der Waals surface area contributed by atoms with E-state index in [1.54, 1.807) is 56.3 Å². The number of H-pyrrole nitrogens is 2. The van der Waals surface area contributed by atoms with Crippen LogP contribution in [0.2, 0.25) is 5.02 Å². The molecule has 1 amide bonds. The van der Waals surface area contributed by atoms with Crippen molar-refractivity contribution in [3.8, 4) is 0 Å². The minimum atomic E-state index is -0.802. The molecule has 0 unspecified atom stereocenters. The molecular formula is C25H25ClN6O5. The number of esters is 1. The summed E-state index contributed by atoms with van der Waals surface area (Å²) in [5, 5.41) is 1.08. The van der Waals surface area contributed by atoms with E-state index < -0.39 is 35.2 Å². The van der Waals surface area contributed by atoms with Crippen LogP contribution in [0.25, 0.3) is 10.9 Å². The van der Waals surface area contributed by atoms with Gasteiger partial charge in [0, 0.05) is 22.1 Å². The molecule has 4 N–H and O–H groups in total. The second-order valence-corrected chi connectivity index (χ2v) is 9.02. The van der Waals surface area contributed by atoms with Crippen LogP contribution in [0.1, 0.15) is 35.8 Å². The fourth-order valence-corrected chi connectivity index (χ4v) is 4.13. The molecule has 2 heterocycles. The normalized spacial score (nSPS) is 13.5. The van der Waals surface area contributed by atoms with Gasteiger partial charge in [0.1, 0.15) is 0 Å². The van der Waals surface area contributed by atoms with Gasteiger partial charge in [0.15, 0.2) is 0 Å². The maximum Gasteiger partial charge on any atom is 0.335 e. The van der Waals surface area contributed by atoms with Gasteiger partial charge < -0.3 is 15.5 Å². The topological polar surface area (TPSA) is 157 Å². The monoisotopic (exact) mass is 524 g/mol. The van der Waals surface area contributed by atoms with Crippen LogP contribution in [0.15, 0.2) is 63.2 Å². The number of methoxy groups -OCH3 is 1. The van der Waals surface area contributed by atoms with Gasteiger partial charge in [-0.2, -0.15) is 0 Å². The molecule has 0 aliphatic rings. The van der Waals surface area contributed by atoms with Crippen molar-refractivity contribution in [3.63, 3.8) is 0 Å². The minimum absolute atomic E-state index is 0.0189. The number of primary amides is 1. The number of aromatic amines is 2. The maximum absolute atomic E-state index is 13.6. The van der Waals surface area contributed by atoms with E-state index in [4.69, 9.17) is 22.1 Å². The van der Waals surface area contributed by atoms with Crippen LogP contribution in [0.5, 0.6) is 0 Å². The van der Waals surface area contributed by atoms with Crippen LogP contribution >= 0.6 is 11.6 Å². The number of nitrogens with two attached hydrogens (primary N) is 1. The number of rotatable bonds is 7. The van der Waals surface area contributed by atoms with Gasteiger partial charge in [-0.3, -0.25) is 19.1 Å². The Bertz CT molecular complexity index is 1680. The van der Waals surface area contributed by atoms with Gasteiger partial charge in [-0.05, 0) is 49.7 Å². The van der Waals surface area contributed by atoms with Gasteiger partial charge in [-0.15, -0.1) is 0 Å². The third-order valence-corrected chi connectivity index (χ3v) is 6.51. The molecule has 0 fully saturated rings. The average molecular weight is 525 g/mol. The van der Waals surface area contributed by atoms with Crippen molar-refractivity contribution in [2.75, 3.05) is 7.11 Å². The summed E-state index contributed by atoms with van der Waals surface area (Å²) in [5.41, 5.74) is 6.11. The van der Waals surface area contributed by atoms with Crippen molar-refractivity contribution >= 4 is 40.1 Å². The molecular weight excluding hydrogens is 500 g/mol. The van der Waals surface area contributed by atoms with Crippen LogP contribution in [0.3, 0.4) is 0 Å². The van der Waals surface area contributed by atoms with Crippen molar-refractivity contribution < 1.29 is 14.3 Å². The Kier molecular flexibility index (Phi) is 7.16. The third-order valence-electron chi connectivity index (χ3n) is 6.25. The number of amides is 1. The van der Waals surface area contributed by atoms with Crippen LogP contribution in [-0.2, 0) is 16.1 Å². The first kappa shape index (κ1) is 25.7. The van der Waals surface area contributed by atoms with Gasteiger partial charge in [0.25, 0.3) is 5.91 Å². The molecule has 0 saturated carbocycles. The summed E-state index contributed by atoms with van der Waals surface area (Å²) in [7, 11) is 1.24. The molecule has 0 bridgehead atoms. The Labute approximate surface area is 215 Å². The predicted molar refractivity (Wildman–Crippen MR) is 138 cm³/mol. The second-order valence-electron chi connectivity index (χ2n) is 8.58. The molecule has 4 rings (SSSR count). The molecule has 0 aliphatic heterocycles. The number of carbonyl (C=O) groups excluding carboxylic acids is 2. The number of halogens is 1. The number of nitrogens with zero attached hydrogens (tertiary/aromatic N) is 3. The van der Waals surface area contributed by atoms with Gasteiger partial charge in [-0.25, -0.2) is 19.1 Å². The summed E-state index contributed by atoms with van der Waals surface area (Å²) >= 11 is 6.01. The number of hydrogen-bond donors (Lipinski definition) is 3. The average Bonchev–Trinajstić information content (AvgIpc) is 3.30. The number of ether oxygens (including phenoxy) is 1.